The smallest absolute Gasteiger partial charge is 0.253 e. The Morgan fingerprint density at radius 3 is 2.67 bits per heavy atom. The van der Waals surface area contributed by atoms with E-state index in [9.17, 15) is 9.90 Å². The summed E-state index contributed by atoms with van der Waals surface area (Å²) in [6, 6.07) is 0. The minimum absolute atomic E-state index is 0.131. The summed E-state index contributed by atoms with van der Waals surface area (Å²) in [4.78, 5) is 13.6. The van der Waals surface area contributed by atoms with Gasteiger partial charge in [-0.15, -0.1) is 0 Å². The third kappa shape index (κ3) is 2.94. The van der Waals surface area contributed by atoms with Crippen molar-refractivity contribution in [3.8, 4) is 0 Å². The summed E-state index contributed by atoms with van der Waals surface area (Å²) in [5.74, 6) is 1.15. The summed E-state index contributed by atoms with van der Waals surface area (Å²) in [5.41, 5.74) is -1.22. The molecule has 0 bridgehead atoms. The topological polar surface area (TPSA) is 40.5 Å². The van der Waals surface area contributed by atoms with Crippen molar-refractivity contribution in [3.63, 3.8) is 0 Å². The number of likely N-dealkylation sites (tertiary alicyclic amines) is 1. The minimum atomic E-state index is -1.22. The van der Waals surface area contributed by atoms with E-state index in [1.165, 1.54) is 0 Å². The van der Waals surface area contributed by atoms with E-state index < -0.39 is 5.60 Å². The van der Waals surface area contributed by atoms with E-state index in [1.807, 2.05) is 0 Å². The molecular weight excluding hydrogens is 190 g/mol. The monoisotopic (exact) mass is 213 g/mol. The van der Waals surface area contributed by atoms with Crippen LogP contribution in [-0.2, 0) is 4.79 Å². The number of hydrogen-bond acceptors (Lipinski definition) is 2. The van der Waals surface area contributed by atoms with Crippen molar-refractivity contribution in [2.24, 2.45) is 11.8 Å². The largest absolute Gasteiger partial charge is 0.381 e. The number of carbonyl (C=O) groups is 1. The first-order valence-electron chi connectivity index (χ1n) is 5.88. The van der Waals surface area contributed by atoms with Gasteiger partial charge in [0.25, 0.3) is 5.91 Å². The molecule has 0 spiro atoms. The van der Waals surface area contributed by atoms with Gasteiger partial charge < -0.3 is 10.0 Å². The van der Waals surface area contributed by atoms with E-state index in [1.54, 1.807) is 18.7 Å². The van der Waals surface area contributed by atoms with Gasteiger partial charge >= 0.3 is 0 Å². The molecule has 0 aliphatic carbocycles. The molecular formula is C12H23NO2. The Morgan fingerprint density at radius 2 is 2.20 bits per heavy atom. The highest BCUT2D eigenvalue weighted by molar-refractivity contribution is 5.84. The second-order valence-electron chi connectivity index (χ2n) is 5.24. The van der Waals surface area contributed by atoms with Crippen molar-refractivity contribution in [2.45, 2.75) is 46.1 Å². The molecule has 3 nitrogen and oxygen atoms in total. The number of amides is 1. The fourth-order valence-electron chi connectivity index (χ4n) is 2.16. The fourth-order valence-corrected chi connectivity index (χ4v) is 2.16. The van der Waals surface area contributed by atoms with Gasteiger partial charge in [0.2, 0.25) is 0 Å². The molecule has 1 heterocycles. The molecule has 1 fully saturated rings. The first-order valence-corrected chi connectivity index (χ1v) is 5.88. The Morgan fingerprint density at radius 1 is 1.60 bits per heavy atom. The summed E-state index contributed by atoms with van der Waals surface area (Å²) < 4.78 is 0. The van der Waals surface area contributed by atoms with Crippen LogP contribution in [-0.4, -0.2) is 34.6 Å². The van der Waals surface area contributed by atoms with Crippen LogP contribution in [0.3, 0.4) is 0 Å². The van der Waals surface area contributed by atoms with Crippen molar-refractivity contribution in [2.75, 3.05) is 13.1 Å². The van der Waals surface area contributed by atoms with E-state index in [2.05, 4.69) is 13.8 Å². The molecule has 2 unspecified atom stereocenters. The van der Waals surface area contributed by atoms with Crippen molar-refractivity contribution in [1.82, 2.24) is 4.90 Å². The molecule has 1 saturated heterocycles. The van der Waals surface area contributed by atoms with E-state index in [-0.39, 0.29) is 5.91 Å². The lowest BCUT2D eigenvalue weighted by Crippen LogP contribution is -2.44. The zero-order valence-corrected chi connectivity index (χ0v) is 10.3. The lowest BCUT2D eigenvalue weighted by Gasteiger charge is -2.25. The molecule has 0 radical (unpaired) electrons. The maximum Gasteiger partial charge on any atom is 0.253 e. The van der Waals surface area contributed by atoms with Crippen molar-refractivity contribution < 1.29 is 9.90 Å². The van der Waals surface area contributed by atoms with Crippen molar-refractivity contribution in [3.05, 3.63) is 0 Å². The van der Waals surface area contributed by atoms with Crippen LogP contribution in [0.4, 0.5) is 0 Å². The number of hydrogen-bond donors (Lipinski definition) is 1. The van der Waals surface area contributed by atoms with Crippen molar-refractivity contribution >= 4 is 5.91 Å². The molecule has 88 valence electrons. The Hall–Kier alpha value is -0.570. The molecule has 3 heteroatoms. The van der Waals surface area contributed by atoms with Gasteiger partial charge in [-0.1, -0.05) is 20.3 Å². The Bertz CT molecular complexity index is 232. The van der Waals surface area contributed by atoms with Gasteiger partial charge in [-0.3, -0.25) is 4.79 Å². The Labute approximate surface area is 92.5 Å². The number of aliphatic hydroxyl groups is 1. The summed E-state index contributed by atoms with van der Waals surface area (Å²) >= 11 is 0. The zero-order valence-electron chi connectivity index (χ0n) is 10.3. The average molecular weight is 213 g/mol. The molecule has 0 aromatic carbocycles. The highest BCUT2D eigenvalue weighted by Gasteiger charge is 2.35. The SMILES string of the molecule is CCC(C)C1CCN(C(=O)C(C)(C)O)C1. The zero-order chi connectivity index (χ0) is 11.6. The van der Waals surface area contributed by atoms with Crippen LogP contribution in [0.25, 0.3) is 0 Å². The second-order valence-corrected chi connectivity index (χ2v) is 5.24. The predicted octanol–water partition coefficient (Wildman–Crippen LogP) is 1.65. The molecule has 0 aromatic heterocycles. The summed E-state index contributed by atoms with van der Waals surface area (Å²) in [5, 5.41) is 9.64. The van der Waals surface area contributed by atoms with Gasteiger partial charge in [-0.25, -0.2) is 0 Å². The predicted molar refractivity (Wildman–Crippen MR) is 60.4 cm³/mol. The van der Waals surface area contributed by atoms with Crippen LogP contribution < -0.4 is 0 Å². The van der Waals surface area contributed by atoms with Gasteiger partial charge in [0.05, 0.1) is 0 Å². The summed E-state index contributed by atoms with van der Waals surface area (Å²) in [7, 11) is 0. The van der Waals surface area contributed by atoms with Crippen LogP contribution >= 0.6 is 0 Å². The normalized spacial score (nSPS) is 24.3. The quantitative estimate of drug-likeness (QED) is 0.774. The molecule has 1 rings (SSSR count). The van der Waals surface area contributed by atoms with E-state index in [4.69, 9.17) is 0 Å². The summed E-state index contributed by atoms with van der Waals surface area (Å²) in [6.45, 7) is 9.17. The minimum Gasteiger partial charge on any atom is -0.381 e. The molecule has 15 heavy (non-hydrogen) atoms. The van der Waals surface area contributed by atoms with Crippen LogP contribution in [0.5, 0.6) is 0 Å². The van der Waals surface area contributed by atoms with Gasteiger partial charge in [0.15, 0.2) is 0 Å². The van der Waals surface area contributed by atoms with Crippen LogP contribution in [0, 0.1) is 11.8 Å². The van der Waals surface area contributed by atoms with Gasteiger partial charge in [-0.2, -0.15) is 0 Å². The van der Waals surface area contributed by atoms with E-state index >= 15 is 0 Å². The standard InChI is InChI=1S/C12H23NO2/c1-5-9(2)10-6-7-13(8-10)11(14)12(3,4)15/h9-10,15H,5-8H2,1-4H3. The maximum atomic E-state index is 11.8. The lowest BCUT2D eigenvalue weighted by molar-refractivity contribution is -0.146. The van der Waals surface area contributed by atoms with E-state index in [0.717, 1.165) is 25.9 Å². The highest BCUT2D eigenvalue weighted by Crippen LogP contribution is 2.27. The maximum absolute atomic E-state index is 11.8. The molecule has 1 aliphatic heterocycles. The van der Waals surface area contributed by atoms with Crippen LogP contribution in [0.2, 0.25) is 0 Å². The van der Waals surface area contributed by atoms with Gasteiger partial charge in [0.1, 0.15) is 5.60 Å². The lowest BCUT2D eigenvalue weighted by atomic mass is 9.91. The van der Waals surface area contributed by atoms with Crippen LogP contribution in [0.1, 0.15) is 40.5 Å². The molecule has 1 aliphatic rings. The molecule has 2 atom stereocenters. The second kappa shape index (κ2) is 4.52. The number of carbonyl (C=O) groups excluding carboxylic acids is 1. The highest BCUT2D eigenvalue weighted by atomic mass is 16.3. The van der Waals surface area contributed by atoms with Gasteiger partial charge in [0, 0.05) is 13.1 Å². The van der Waals surface area contributed by atoms with Crippen molar-refractivity contribution in [1.29, 1.82) is 0 Å². The summed E-state index contributed by atoms with van der Waals surface area (Å²) in [6.07, 6.45) is 2.24. The third-order valence-electron chi connectivity index (χ3n) is 3.48. The molecule has 1 amide bonds. The molecule has 1 N–H and O–H groups in total. The van der Waals surface area contributed by atoms with Crippen LogP contribution in [0.15, 0.2) is 0 Å². The third-order valence-corrected chi connectivity index (χ3v) is 3.48. The first-order chi connectivity index (χ1) is 6.86. The van der Waals surface area contributed by atoms with E-state index in [0.29, 0.717) is 11.8 Å². The van der Waals surface area contributed by atoms with Gasteiger partial charge in [-0.05, 0) is 32.1 Å². The average Bonchev–Trinajstić information content (AvgIpc) is 2.62. The molecule has 0 saturated carbocycles. The Balaban J connectivity index is 2.53. The first kappa shape index (κ1) is 12.5. The number of rotatable bonds is 3. The fraction of sp³-hybridized carbons (Fsp3) is 0.917. The number of nitrogens with zero attached hydrogens (tertiary/aromatic N) is 1. The molecule has 0 aromatic rings. The Kier molecular flexibility index (Phi) is 3.77.